The molecule has 5 nitrogen and oxygen atoms in total. The van der Waals surface area contributed by atoms with Crippen molar-refractivity contribution in [2.75, 3.05) is 33.3 Å². The average molecular weight is 416 g/mol. The van der Waals surface area contributed by atoms with Gasteiger partial charge in [0, 0.05) is 19.8 Å². The highest BCUT2D eigenvalue weighted by molar-refractivity contribution is 14.0. The Morgan fingerprint density at radius 2 is 2.19 bits per heavy atom. The molecular formula is C12H16F3IN4O. The summed E-state index contributed by atoms with van der Waals surface area (Å²) in [5.74, 6) is 0.328. The molecule has 0 atom stereocenters. The molecule has 118 valence electrons. The summed E-state index contributed by atoms with van der Waals surface area (Å²) in [6.07, 6.45) is -3.19. The van der Waals surface area contributed by atoms with Crippen LogP contribution in [0.2, 0.25) is 0 Å². The van der Waals surface area contributed by atoms with Crippen LogP contribution >= 0.6 is 24.0 Å². The van der Waals surface area contributed by atoms with Crippen LogP contribution in [0, 0.1) is 0 Å². The Kier molecular flexibility index (Phi) is 6.49. The van der Waals surface area contributed by atoms with E-state index >= 15 is 0 Å². The van der Waals surface area contributed by atoms with E-state index in [1.54, 1.807) is 0 Å². The lowest BCUT2D eigenvalue weighted by atomic mass is 10.2. The zero-order chi connectivity index (χ0) is 14.6. The molecule has 1 aromatic heterocycles. The van der Waals surface area contributed by atoms with Crippen LogP contribution in [0.15, 0.2) is 23.3 Å². The van der Waals surface area contributed by atoms with Gasteiger partial charge in [-0.1, -0.05) is 0 Å². The first-order chi connectivity index (χ1) is 9.48. The lowest BCUT2D eigenvalue weighted by molar-refractivity contribution is -0.139. The zero-order valence-electron chi connectivity index (χ0n) is 11.4. The summed E-state index contributed by atoms with van der Waals surface area (Å²) in [5, 5.41) is 3.00. The summed E-state index contributed by atoms with van der Waals surface area (Å²) in [7, 11) is 1.89. The lowest BCUT2D eigenvalue weighted by Gasteiger charge is -2.16. The van der Waals surface area contributed by atoms with Crippen molar-refractivity contribution in [3.05, 3.63) is 23.9 Å². The molecule has 0 bridgehead atoms. The Hall–Kier alpha value is -1.26. The maximum atomic E-state index is 12.7. The number of hydrogen-bond acceptors (Lipinski definition) is 5. The number of guanidine groups is 1. The number of aliphatic imine (C=N–C) groups is 1. The van der Waals surface area contributed by atoms with Crippen LogP contribution < -0.4 is 10.1 Å². The van der Waals surface area contributed by atoms with E-state index in [1.165, 1.54) is 12.3 Å². The molecule has 9 heteroatoms. The van der Waals surface area contributed by atoms with E-state index in [0.29, 0.717) is 6.54 Å². The second kappa shape index (κ2) is 7.66. The molecule has 0 saturated heterocycles. The van der Waals surface area contributed by atoms with E-state index in [9.17, 15) is 13.2 Å². The van der Waals surface area contributed by atoms with E-state index in [1.807, 2.05) is 11.9 Å². The number of pyridine rings is 1. The highest BCUT2D eigenvalue weighted by atomic mass is 127. The molecule has 0 radical (unpaired) electrons. The molecule has 1 aliphatic heterocycles. The number of likely N-dealkylation sites (N-methyl/N-ethyl adjacent to an activating group) is 1. The maximum absolute atomic E-state index is 12.7. The predicted octanol–water partition coefficient (Wildman–Crippen LogP) is 1.99. The molecule has 2 heterocycles. The Balaban J connectivity index is 0.00000220. The average Bonchev–Trinajstić information content (AvgIpc) is 2.80. The van der Waals surface area contributed by atoms with Gasteiger partial charge in [0.05, 0.1) is 13.1 Å². The normalized spacial score (nSPS) is 14.5. The van der Waals surface area contributed by atoms with Crippen molar-refractivity contribution in [1.29, 1.82) is 0 Å². The number of nitrogens with zero attached hydrogens (tertiary/aromatic N) is 3. The summed E-state index contributed by atoms with van der Waals surface area (Å²) in [6, 6.07) is 2.18. The van der Waals surface area contributed by atoms with Crippen molar-refractivity contribution in [1.82, 2.24) is 15.2 Å². The van der Waals surface area contributed by atoms with Crippen LogP contribution in [-0.2, 0) is 6.18 Å². The number of halogens is 4. The first-order valence-corrected chi connectivity index (χ1v) is 6.13. The Morgan fingerprint density at radius 3 is 2.81 bits per heavy atom. The van der Waals surface area contributed by atoms with Crippen molar-refractivity contribution in [2.45, 2.75) is 6.18 Å². The molecule has 0 saturated carbocycles. The number of nitrogens with one attached hydrogen (secondary N) is 1. The molecule has 0 amide bonds. The van der Waals surface area contributed by atoms with Crippen molar-refractivity contribution < 1.29 is 17.9 Å². The first-order valence-electron chi connectivity index (χ1n) is 6.13. The van der Waals surface area contributed by atoms with E-state index < -0.39 is 17.6 Å². The fraction of sp³-hybridized carbons (Fsp3) is 0.500. The SMILES string of the molecule is CN1CCN=C1NCCOc1ncccc1C(F)(F)F.I. The monoisotopic (exact) mass is 416 g/mol. The maximum Gasteiger partial charge on any atom is 0.421 e. The van der Waals surface area contributed by atoms with Crippen molar-refractivity contribution >= 4 is 29.9 Å². The fourth-order valence-corrected chi connectivity index (χ4v) is 1.76. The van der Waals surface area contributed by atoms with Gasteiger partial charge in [-0.2, -0.15) is 13.2 Å². The second-order valence-corrected chi connectivity index (χ2v) is 4.26. The molecule has 0 aromatic carbocycles. The Bertz CT molecular complexity index is 496. The number of alkyl halides is 3. The summed E-state index contributed by atoms with van der Waals surface area (Å²) in [4.78, 5) is 9.75. The molecule has 21 heavy (non-hydrogen) atoms. The van der Waals surface area contributed by atoms with Crippen LogP contribution in [0.5, 0.6) is 5.88 Å². The van der Waals surface area contributed by atoms with Crippen molar-refractivity contribution in [2.24, 2.45) is 4.99 Å². The second-order valence-electron chi connectivity index (χ2n) is 4.26. The zero-order valence-corrected chi connectivity index (χ0v) is 13.7. The largest absolute Gasteiger partial charge is 0.475 e. The van der Waals surface area contributed by atoms with Crippen LogP contribution in [0.25, 0.3) is 0 Å². The molecule has 2 rings (SSSR count). The van der Waals surface area contributed by atoms with E-state index in [2.05, 4.69) is 15.3 Å². The van der Waals surface area contributed by atoms with Gasteiger partial charge in [-0.3, -0.25) is 4.99 Å². The van der Waals surface area contributed by atoms with Crippen molar-refractivity contribution in [3.63, 3.8) is 0 Å². The van der Waals surface area contributed by atoms with E-state index in [0.717, 1.165) is 25.1 Å². The van der Waals surface area contributed by atoms with Gasteiger partial charge in [0.1, 0.15) is 12.2 Å². The smallest absolute Gasteiger partial charge is 0.421 e. The van der Waals surface area contributed by atoms with Gasteiger partial charge in [-0.25, -0.2) is 4.98 Å². The molecular weight excluding hydrogens is 400 g/mol. The van der Waals surface area contributed by atoms with Crippen molar-refractivity contribution in [3.8, 4) is 5.88 Å². The summed E-state index contributed by atoms with van der Waals surface area (Å²) in [5.41, 5.74) is -0.865. The molecule has 1 aromatic rings. The molecule has 1 N–H and O–H groups in total. The third-order valence-corrected chi connectivity index (χ3v) is 2.76. The van der Waals surface area contributed by atoms with Gasteiger partial charge in [-0.05, 0) is 12.1 Å². The van der Waals surface area contributed by atoms with Gasteiger partial charge in [0.25, 0.3) is 0 Å². The number of aromatic nitrogens is 1. The standard InChI is InChI=1S/C12H15F3N4O.HI/c1-19-7-5-17-11(19)18-6-8-20-10-9(12(13,14)15)3-2-4-16-10;/h2-4H,5-8H2,1H3,(H,17,18);1H. The number of ether oxygens (including phenoxy) is 1. The number of hydrogen-bond donors (Lipinski definition) is 1. The lowest BCUT2D eigenvalue weighted by Crippen LogP contribution is -2.37. The number of rotatable bonds is 4. The van der Waals surface area contributed by atoms with Gasteiger partial charge in [0.15, 0.2) is 5.96 Å². The summed E-state index contributed by atoms with van der Waals surface area (Å²) >= 11 is 0. The molecule has 1 aliphatic rings. The van der Waals surface area contributed by atoms with Gasteiger partial charge < -0.3 is 15.0 Å². The third kappa shape index (κ3) is 4.90. The quantitative estimate of drug-likeness (QED) is 0.603. The Labute approximate surface area is 137 Å². The van der Waals surface area contributed by atoms with Gasteiger partial charge in [0.2, 0.25) is 5.88 Å². The minimum Gasteiger partial charge on any atom is -0.475 e. The summed E-state index contributed by atoms with van der Waals surface area (Å²) in [6.45, 7) is 1.99. The van der Waals surface area contributed by atoms with Gasteiger partial charge >= 0.3 is 6.18 Å². The first kappa shape index (κ1) is 17.8. The van der Waals surface area contributed by atoms with E-state index in [4.69, 9.17) is 4.74 Å². The minimum atomic E-state index is -4.47. The minimum absolute atomic E-state index is 0. The van der Waals surface area contributed by atoms with Crippen LogP contribution in [0.1, 0.15) is 5.56 Å². The summed E-state index contributed by atoms with van der Waals surface area (Å²) < 4.78 is 43.2. The van der Waals surface area contributed by atoms with Crippen LogP contribution in [0.3, 0.4) is 0 Å². The molecule has 0 spiro atoms. The van der Waals surface area contributed by atoms with Gasteiger partial charge in [-0.15, -0.1) is 24.0 Å². The molecule has 0 aliphatic carbocycles. The topological polar surface area (TPSA) is 49.8 Å². The molecule has 0 unspecified atom stereocenters. The van der Waals surface area contributed by atoms with Crippen LogP contribution in [0.4, 0.5) is 13.2 Å². The fourth-order valence-electron chi connectivity index (χ4n) is 1.76. The third-order valence-electron chi connectivity index (χ3n) is 2.76. The highest BCUT2D eigenvalue weighted by Crippen LogP contribution is 2.34. The Morgan fingerprint density at radius 1 is 1.43 bits per heavy atom. The highest BCUT2D eigenvalue weighted by Gasteiger charge is 2.34. The predicted molar refractivity (Wildman–Crippen MR) is 83.1 cm³/mol. The van der Waals surface area contributed by atoms with Crippen LogP contribution in [-0.4, -0.2) is 49.1 Å². The molecule has 0 fully saturated rings. The van der Waals surface area contributed by atoms with E-state index in [-0.39, 0.29) is 30.6 Å².